The second kappa shape index (κ2) is 6.87. The number of rotatable bonds is 3. The molecule has 0 spiro atoms. The zero-order chi connectivity index (χ0) is 15.6. The molecular weight excluding hydrogens is 353 g/mol. The standard InChI is InChI=1S/C17H24BrClFN/c1-17(2,3)12-6-4-11(5-7-12)10-21-16-14(18)8-13(20)9-15(16)19/h8-9,11-12,21H,4-7,10H2,1-3H3. The average Bonchev–Trinajstić information content (AvgIpc) is 2.37. The van der Waals surface area contributed by atoms with Crippen LogP contribution in [0.15, 0.2) is 16.6 Å². The van der Waals surface area contributed by atoms with Crippen molar-refractivity contribution in [2.75, 3.05) is 11.9 Å². The first-order valence-electron chi connectivity index (χ1n) is 7.66. The minimum Gasteiger partial charge on any atom is -0.383 e. The molecule has 1 N–H and O–H groups in total. The topological polar surface area (TPSA) is 12.0 Å². The van der Waals surface area contributed by atoms with Crippen LogP contribution in [0.4, 0.5) is 10.1 Å². The highest BCUT2D eigenvalue weighted by molar-refractivity contribution is 9.10. The number of halogens is 3. The van der Waals surface area contributed by atoms with E-state index in [2.05, 4.69) is 42.0 Å². The molecule has 1 nitrogen and oxygen atoms in total. The molecule has 21 heavy (non-hydrogen) atoms. The Morgan fingerprint density at radius 1 is 1.24 bits per heavy atom. The normalized spacial score (nSPS) is 23.1. The minimum absolute atomic E-state index is 0.317. The van der Waals surface area contributed by atoms with Gasteiger partial charge in [-0.05, 0) is 71.0 Å². The van der Waals surface area contributed by atoms with Crippen molar-refractivity contribution < 1.29 is 4.39 Å². The molecule has 0 amide bonds. The van der Waals surface area contributed by atoms with Crippen molar-refractivity contribution in [3.8, 4) is 0 Å². The fourth-order valence-electron chi connectivity index (χ4n) is 3.19. The Hall–Kier alpha value is -0.280. The largest absolute Gasteiger partial charge is 0.383 e. The first kappa shape index (κ1) is 17.1. The Bertz CT molecular complexity index is 467. The summed E-state index contributed by atoms with van der Waals surface area (Å²) in [6.07, 6.45) is 5.11. The quantitative estimate of drug-likeness (QED) is 0.634. The fourth-order valence-corrected chi connectivity index (χ4v) is 4.15. The molecule has 0 atom stereocenters. The Kier molecular flexibility index (Phi) is 5.59. The van der Waals surface area contributed by atoms with Crippen molar-refractivity contribution in [1.29, 1.82) is 0 Å². The third-order valence-corrected chi connectivity index (χ3v) is 5.57. The van der Waals surface area contributed by atoms with Gasteiger partial charge < -0.3 is 5.32 Å². The molecule has 1 aromatic rings. The maximum absolute atomic E-state index is 13.2. The Morgan fingerprint density at radius 2 is 1.86 bits per heavy atom. The molecule has 0 unspecified atom stereocenters. The van der Waals surface area contributed by atoms with Crippen LogP contribution >= 0.6 is 27.5 Å². The third-order valence-electron chi connectivity index (χ3n) is 4.65. The smallest absolute Gasteiger partial charge is 0.125 e. The summed E-state index contributed by atoms with van der Waals surface area (Å²) in [6.45, 7) is 7.92. The maximum atomic E-state index is 13.2. The Labute approximate surface area is 140 Å². The maximum Gasteiger partial charge on any atom is 0.125 e. The highest BCUT2D eigenvalue weighted by Crippen LogP contribution is 2.40. The van der Waals surface area contributed by atoms with Gasteiger partial charge in [0.05, 0.1) is 10.7 Å². The van der Waals surface area contributed by atoms with Crippen LogP contribution in [-0.4, -0.2) is 6.54 Å². The van der Waals surface area contributed by atoms with E-state index in [0.29, 0.717) is 20.8 Å². The van der Waals surface area contributed by atoms with Gasteiger partial charge in [0, 0.05) is 11.0 Å². The van der Waals surface area contributed by atoms with Crippen LogP contribution in [0, 0.1) is 23.1 Å². The van der Waals surface area contributed by atoms with E-state index in [9.17, 15) is 4.39 Å². The zero-order valence-corrected chi connectivity index (χ0v) is 15.3. The SMILES string of the molecule is CC(C)(C)C1CCC(CNc2c(Cl)cc(F)cc2Br)CC1. The molecule has 4 heteroatoms. The molecule has 0 saturated heterocycles. The summed E-state index contributed by atoms with van der Waals surface area (Å²) in [5, 5.41) is 3.82. The summed E-state index contributed by atoms with van der Waals surface area (Å²) in [7, 11) is 0. The van der Waals surface area contributed by atoms with Crippen molar-refractivity contribution in [1.82, 2.24) is 0 Å². The van der Waals surface area contributed by atoms with E-state index < -0.39 is 0 Å². The van der Waals surface area contributed by atoms with E-state index in [0.717, 1.165) is 18.2 Å². The van der Waals surface area contributed by atoms with Gasteiger partial charge >= 0.3 is 0 Å². The summed E-state index contributed by atoms with van der Waals surface area (Å²) in [4.78, 5) is 0. The van der Waals surface area contributed by atoms with E-state index in [4.69, 9.17) is 11.6 Å². The lowest BCUT2D eigenvalue weighted by Crippen LogP contribution is -2.28. The van der Waals surface area contributed by atoms with Gasteiger partial charge in [0.2, 0.25) is 0 Å². The summed E-state index contributed by atoms with van der Waals surface area (Å²) in [5.41, 5.74) is 1.22. The van der Waals surface area contributed by atoms with Crippen LogP contribution in [0.5, 0.6) is 0 Å². The molecule has 1 aromatic carbocycles. The van der Waals surface area contributed by atoms with Crippen molar-refractivity contribution in [3.05, 3.63) is 27.4 Å². The summed E-state index contributed by atoms with van der Waals surface area (Å²) < 4.78 is 13.9. The number of hydrogen-bond acceptors (Lipinski definition) is 1. The van der Waals surface area contributed by atoms with E-state index in [1.54, 1.807) is 0 Å². The summed E-state index contributed by atoms with van der Waals surface area (Å²) in [5.74, 6) is 1.19. The second-order valence-corrected chi connectivity index (χ2v) is 8.47. The predicted octanol–water partition coefficient (Wildman–Crippen LogP) is 6.51. The molecule has 1 saturated carbocycles. The molecule has 0 heterocycles. The van der Waals surface area contributed by atoms with Crippen LogP contribution in [0.2, 0.25) is 5.02 Å². The molecule has 1 fully saturated rings. The number of hydrogen-bond donors (Lipinski definition) is 1. The van der Waals surface area contributed by atoms with E-state index in [1.165, 1.54) is 37.8 Å². The highest BCUT2D eigenvalue weighted by atomic mass is 79.9. The molecule has 1 aliphatic carbocycles. The predicted molar refractivity (Wildman–Crippen MR) is 92.5 cm³/mol. The van der Waals surface area contributed by atoms with Crippen LogP contribution in [-0.2, 0) is 0 Å². The Balaban J connectivity index is 1.88. The molecule has 0 radical (unpaired) electrons. The van der Waals surface area contributed by atoms with Gasteiger partial charge in [-0.1, -0.05) is 32.4 Å². The average molecular weight is 377 g/mol. The van der Waals surface area contributed by atoms with Gasteiger partial charge in [0.15, 0.2) is 0 Å². The fraction of sp³-hybridized carbons (Fsp3) is 0.647. The molecule has 0 aliphatic heterocycles. The lowest BCUT2D eigenvalue weighted by Gasteiger charge is -2.37. The first-order valence-corrected chi connectivity index (χ1v) is 8.83. The lowest BCUT2D eigenvalue weighted by atomic mass is 9.70. The van der Waals surface area contributed by atoms with Crippen LogP contribution in [0.3, 0.4) is 0 Å². The molecule has 0 aromatic heterocycles. The van der Waals surface area contributed by atoms with Gasteiger partial charge in [-0.3, -0.25) is 0 Å². The van der Waals surface area contributed by atoms with Crippen molar-refractivity contribution >= 4 is 33.2 Å². The Morgan fingerprint density at radius 3 is 2.38 bits per heavy atom. The summed E-state index contributed by atoms with van der Waals surface area (Å²) in [6, 6.07) is 2.80. The van der Waals surface area contributed by atoms with Crippen LogP contribution < -0.4 is 5.32 Å². The molecule has 118 valence electrons. The van der Waals surface area contributed by atoms with Crippen molar-refractivity contribution in [2.24, 2.45) is 17.3 Å². The second-order valence-electron chi connectivity index (χ2n) is 7.21. The lowest BCUT2D eigenvalue weighted by molar-refractivity contribution is 0.153. The number of anilines is 1. The van der Waals surface area contributed by atoms with Gasteiger partial charge in [0.1, 0.15) is 5.82 Å². The zero-order valence-electron chi connectivity index (χ0n) is 13.0. The van der Waals surface area contributed by atoms with Crippen LogP contribution in [0.1, 0.15) is 46.5 Å². The molecule has 0 bridgehead atoms. The number of nitrogens with one attached hydrogen (secondary N) is 1. The summed E-state index contributed by atoms with van der Waals surface area (Å²) >= 11 is 9.47. The first-order chi connectivity index (χ1) is 9.77. The van der Waals surface area contributed by atoms with Gasteiger partial charge in [-0.25, -0.2) is 4.39 Å². The molecule has 1 aliphatic rings. The van der Waals surface area contributed by atoms with E-state index in [1.807, 2.05) is 0 Å². The minimum atomic E-state index is -0.317. The van der Waals surface area contributed by atoms with E-state index in [-0.39, 0.29) is 5.82 Å². The van der Waals surface area contributed by atoms with Gasteiger partial charge in [-0.15, -0.1) is 0 Å². The van der Waals surface area contributed by atoms with Crippen molar-refractivity contribution in [3.63, 3.8) is 0 Å². The van der Waals surface area contributed by atoms with Gasteiger partial charge in [0.25, 0.3) is 0 Å². The number of benzene rings is 1. The highest BCUT2D eigenvalue weighted by Gasteiger charge is 2.29. The monoisotopic (exact) mass is 375 g/mol. The van der Waals surface area contributed by atoms with Crippen molar-refractivity contribution in [2.45, 2.75) is 46.5 Å². The van der Waals surface area contributed by atoms with Gasteiger partial charge in [-0.2, -0.15) is 0 Å². The molecule has 2 rings (SSSR count). The van der Waals surface area contributed by atoms with Crippen LogP contribution in [0.25, 0.3) is 0 Å². The van der Waals surface area contributed by atoms with E-state index >= 15 is 0 Å². The third kappa shape index (κ3) is 4.59. The molecular formula is C17H24BrClFN.